The lowest BCUT2D eigenvalue weighted by Gasteiger charge is -2.10. The van der Waals surface area contributed by atoms with Crippen molar-refractivity contribution < 1.29 is 17.9 Å². The maximum absolute atomic E-state index is 12.1. The lowest BCUT2D eigenvalue weighted by molar-refractivity contribution is -0.274. The molecule has 0 aliphatic carbocycles. The van der Waals surface area contributed by atoms with Crippen LogP contribution in [0.2, 0.25) is 0 Å². The Hall–Kier alpha value is -1.82. The minimum atomic E-state index is -4.66. The maximum atomic E-state index is 12.1. The van der Waals surface area contributed by atoms with Crippen LogP contribution in [0.4, 0.5) is 18.9 Å². The number of benzene rings is 2. The highest BCUT2D eigenvalue weighted by molar-refractivity contribution is 7.98. The highest BCUT2D eigenvalue weighted by Crippen LogP contribution is 2.27. The molecule has 0 fully saturated rings. The van der Waals surface area contributed by atoms with Crippen molar-refractivity contribution in [1.29, 1.82) is 0 Å². The van der Waals surface area contributed by atoms with Crippen LogP contribution in [-0.4, -0.2) is 6.36 Å². The van der Waals surface area contributed by atoms with E-state index in [1.54, 1.807) is 24.3 Å². The molecule has 0 aliphatic heterocycles. The number of thioether (sulfide) groups is 1. The molecular formula is C14H12F3NOS. The fourth-order valence-corrected chi connectivity index (χ4v) is 2.40. The van der Waals surface area contributed by atoms with Gasteiger partial charge in [-0.15, -0.1) is 24.9 Å². The Morgan fingerprint density at radius 3 is 2.40 bits per heavy atom. The van der Waals surface area contributed by atoms with Gasteiger partial charge in [-0.3, -0.25) is 0 Å². The van der Waals surface area contributed by atoms with E-state index in [1.807, 2.05) is 12.1 Å². The van der Waals surface area contributed by atoms with Crippen molar-refractivity contribution in [3.8, 4) is 5.75 Å². The fourth-order valence-electron chi connectivity index (χ4n) is 1.56. The van der Waals surface area contributed by atoms with E-state index >= 15 is 0 Å². The van der Waals surface area contributed by atoms with Crippen molar-refractivity contribution in [2.45, 2.75) is 17.0 Å². The van der Waals surface area contributed by atoms with Gasteiger partial charge in [-0.1, -0.05) is 12.1 Å². The molecule has 0 radical (unpaired) electrons. The zero-order chi connectivity index (χ0) is 14.6. The van der Waals surface area contributed by atoms with E-state index in [1.165, 1.54) is 23.9 Å². The molecule has 20 heavy (non-hydrogen) atoms. The van der Waals surface area contributed by atoms with E-state index in [-0.39, 0.29) is 5.75 Å². The van der Waals surface area contributed by atoms with Gasteiger partial charge in [-0.2, -0.15) is 0 Å². The third-order valence-electron chi connectivity index (χ3n) is 2.42. The van der Waals surface area contributed by atoms with Gasteiger partial charge in [0.25, 0.3) is 0 Å². The first-order valence-electron chi connectivity index (χ1n) is 5.75. The van der Waals surface area contributed by atoms with Crippen LogP contribution in [0.15, 0.2) is 53.4 Å². The summed E-state index contributed by atoms with van der Waals surface area (Å²) >= 11 is 1.52. The first kappa shape index (κ1) is 14.6. The van der Waals surface area contributed by atoms with E-state index < -0.39 is 6.36 Å². The van der Waals surface area contributed by atoms with Gasteiger partial charge in [-0.25, -0.2) is 0 Å². The number of nitrogens with two attached hydrogens (primary N) is 1. The van der Waals surface area contributed by atoms with Crippen LogP contribution >= 0.6 is 11.8 Å². The van der Waals surface area contributed by atoms with Crippen LogP contribution in [0, 0.1) is 0 Å². The van der Waals surface area contributed by atoms with Crippen molar-refractivity contribution in [2.75, 3.05) is 5.73 Å². The molecule has 2 nitrogen and oxygen atoms in total. The Bertz CT molecular complexity index is 569. The zero-order valence-corrected chi connectivity index (χ0v) is 11.2. The van der Waals surface area contributed by atoms with E-state index in [0.717, 1.165) is 10.5 Å². The lowest BCUT2D eigenvalue weighted by atomic mass is 10.2. The van der Waals surface area contributed by atoms with Crippen LogP contribution in [-0.2, 0) is 5.75 Å². The van der Waals surface area contributed by atoms with Crippen LogP contribution < -0.4 is 10.5 Å². The Labute approximate surface area is 118 Å². The van der Waals surface area contributed by atoms with Crippen molar-refractivity contribution >= 4 is 17.4 Å². The summed E-state index contributed by atoms with van der Waals surface area (Å²) in [5, 5.41) is 0. The number of hydrogen-bond acceptors (Lipinski definition) is 3. The number of rotatable bonds is 4. The summed E-state index contributed by atoms with van der Waals surface area (Å²) < 4.78 is 40.3. The standard InChI is InChI=1S/C14H12F3NOS/c15-14(16,17)19-12-3-1-2-10(8-12)9-20-13-6-4-11(18)5-7-13/h1-8H,9,18H2. The monoisotopic (exact) mass is 299 g/mol. The summed E-state index contributed by atoms with van der Waals surface area (Å²) in [5.74, 6) is 0.354. The van der Waals surface area contributed by atoms with Gasteiger partial charge in [-0.05, 0) is 42.0 Å². The number of halogens is 3. The van der Waals surface area contributed by atoms with Gasteiger partial charge in [0, 0.05) is 16.3 Å². The second kappa shape index (κ2) is 6.09. The molecular weight excluding hydrogens is 287 g/mol. The molecule has 0 aromatic heterocycles. The van der Waals surface area contributed by atoms with E-state index in [4.69, 9.17) is 5.73 Å². The zero-order valence-electron chi connectivity index (χ0n) is 10.4. The highest BCUT2D eigenvalue weighted by atomic mass is 32.2. The van der Waals surface area contributed by atoms with Crippen LogP contribution in [0.3, 0.4) is 0 Å². The fraction of sp³-hybridized carbons (Fsp3) is 0.143. The lowest BCUT2D eigenvalue weighted by Crippen LogP contribution is -2.17. The summed E-state index contributed by atoms with van der Waals surface area (Å²) in [7, 11) is 0. The summed E-state index contributed by atoms with van der Waals surface area (Å²) in [6, 6.07) is 13.3. The molecule has 0 aliphatic rings. The highest BCUT2D eigenvalue weighted by Gasteiger charge is 2.31. The largest absolute Gasteiger partial charge is 0.573 e. The second-order valence-electron chi connectivity index (χ2n) is 4.05. The van der Waals surface area contributed by atoms with Crippen molar-refractivity contribution in [3.63, 3.8) is 0 Å². The minimum Gasteiger partial charge on any atom is -0.406 e. The Kier molecular flexibility index (Phi) is 4.44. The van der Waals surface area contributed by atoms with Gasteiger partial charge in [0.2, 0.25) is 0 Å². The smallest absolute Gasteiger partial charge is 0.406 e. The molecule has 0 heterocycles. The normalized spacial score (nSPS) is 11.3. The molecule has 0 bridgehead atoms. The molecule has 2 rings (SSSR count). The molecule has 0 saturated heterocycles. The van der Waals surface area contributed by atoms with Gasteiger partial charge in [0.15, 0.2) is 0 Å². The summed E-state index contributed by atoms with van der Waals surface area (Å²) in [5.41, 5.74) is 7.01. The topological polar surface area (TPSA) is 35.2 Å². The van der Waals surface area contributed by atoms with Crippen molar-refractivity contribution in [3.05, 3.63) is 54.1 Å². The predicted octanol–water partition coefficient (Wildman–Crippen LogP) is 4.46. The minimum absolute atomic E-state index is 0.201. The first-order chi connectivity index (χ1) is 9.42. The average Bonchev–Trinajstić information content (AvgIpc) is 2.36. The number of anilines is 1. The van der Waals surface area contributed by atoms with E-state index in [0.29, 0.717) is 11.4 Å². The summed E-state index contributed by atoms with van der Waals surface area (Å²) in [6.45, 7) is 0. The molecule has 0 spiro atoms. The Balaban J connectivity index is 1.99. The van der Waals surface area contributed by atoms with E-state index in [2.05, 4.69) is 4.74 Å². The Morgan fingerprint density at radius 2 is 1.75 bits per heavy atom. The van der Waals surface area contributed by atoms with Crippen LogP contribution in [0.1, 0.15) is 5.56 Å². The first-order valence-corrected chi connectivity index (χ1v) is 6.74. The molecule has 2 aromatic carbocycles. The second-order valence-corrected chi connectivity index (χ2v) is 5.10. The number of nitrogen functional groups attached to an aromatic ring is 1. The molecule has 0 unspecified atom stereocenters. The summed E-state index contributed by atoms with van der Waals surface area (Å²) in [6.07, 6.45) is -4.66. The van der Waals surface area contributed by atoms with Crippen molar-refractivity contribution in [1.82, 2.24) is 0 Å². The van der Waals surface area contributed by atoms with Crippen molar-refractivity contribution in [2.24, 2.45) is 0 Å². The molecule has 0 saturated carbocycles. The third kappa shape index (κ3) is 4.70. The van der Waals surface area contributed by atoms with E-state index in [9.17, 15) is 13.2 Å². The molecule has 6 heteroatoms. The Morgan fingerprint density at radius 1 is 1.05 bits per heavy atom. The van der Waals surface area contributed by atoms with Gasteiger partial charge >= 0.3 is 6.36 Å². The molecule has 0 atom stereocenters. The molecule has 0 amide bonds. The molecule has 106 valence electrons. The van der Waals surface area contributed by atoms with Crippen LogP contribution in [0.5, 0.6) is 5.75 Å². The average molecular weight is 299 g/mol. The summed E-state index contributed by atoms with van der Waals surface area (Å²) in [4.78, 5) is 1.00. The quantitative estimate of drug-likeness (QED) is 0.668. The predicted molar refractivity (Wildman–Crippen MR) is 73.5 cm³/mol. The SMILES string of the molecule is Nc1ccc(SCc2cccc(OC(F)(F)F)c2)cc1. The van der Waals surface area contributed by atoms with Crippen LogP contribution in [0.25, 0.3) is 0 Å². The van der Waals surface area contributed by atoms with Gasteiger partial charge in [0.05, 0.1) is 0 Å². The maximum Gasteiger partial charge on any atom is 0.573 e. The molecule has 2 N–H and O–H groups in total. The number of alkyl halides is 3. The van der Waals surface area contributed by atoms with Gasteiger partial charge in [0.1, 0.15) is 5.75 Å². The number of hydrogen-bond donors (Lipinski definition) is 1. The third-order valence-corrected chi connectivity index (χ3v) is 3.50. The van der Waals surface area contributed by atoms with Gasteiger partial charge < -0.3 is 10.5 Å². The molecule has 2 aromatic rings. The number of ether oxygens (including phenoxy) is 1.